The average Bonchev–Trinajstić information content (AvgIpc) is 2.52. The van der Waals surface area contributed by atoms with Crippen LogP contribution >= 0.6 is 0 Å². The van der Waals surface area contributed by atoms with E-state index in [0.717, 1.165) is 27.7 Å². The Labute approximate surface area is 157 Å². The van der Waals surface area contributed by atoms with Gasteiger partial charge >= 0.3 is 18.9 Å². The van der Waals surface area contributed by atoms with Gasteiger partial charge in [-0.05, 0) is 80.6 Å². The van der Waals surface area contributed by atoms with Gasteiger partial charge in [0.1, 0.15) is 5.75 Å². The number of hydrogen-bond acceptors (Lipinski definition) is 3. The van der Waals surface area contributed by atoms with Crippen molar-refractivity contribution < 1.29 is 28.7 Å². The zero-order chi connectivity index (χ0) is 17.1. The summed E-state index contributed by atoms with van der Waals surface area (Å²) in [6.07, 6.45) is 0. The fraction of sp³-hybridized carbons (Fsp3) is 0.400. The summed E-state index contributed by atoms with van der Waals surface area (Å²) in [6.45, 7) is 10.1. The van der Waals surface area contributed by atoms with Crippen molar-refractivity contribution >= 4 is 16.3 Å². The fourth-order valence-electron chi connectivity index (χ4n) is 2.97. The first-order valence-electron chi connectivity index (χ1n) is 8.09. The van der Waals surface area contributed by atoms with Gasteiger partial charge in [-0.25, -0.2) is 0 Å². The van der Waals surface area contributed by atoms with Crippen molar-refractivity contribution in [3.8, 4) is 5.75 Å². The molecule has 4 heteroatoms. The summed E-state index contributed by atoms with van der Waals surface area (Å²) in [5, 5.41) is 15.0. The first-order valence-corrected chi connectivity index (χ1v) is 8.09. The standard InChI is InChI=1S/C20H27NO2.Li/c1-13(2)21(14(3)4)20(22)15(5)16-7-8-18-12-19(23-6)10-9-17(18)11-16;/h7-14,22H,1-6H3;/q;+1/p-1/b20-15-;. The second-order valence-electron chi connectivity index (χ2n) is 6.45. The summed E-state index contributed by atoms with van der Waals surface area (Å²) in [7, 11) is 1.67. The summed E-state index contributed by atoms with van der Waals surface area (Å²) in [5.41, 5.74) is 1.75. The van der Waals surface area contributed by atoms with Crippen molar-refractivity contribution in [1.29, 1.82) is 0 Å². The molecule has 0 aliphatic heterocycles. The van der Waals surface area contributed by atoms with Gasteiger partial charge in [-0.1, -0.05) is 18.2 Å². The van der Waals surface area contributed by atoms with Gasteiger partial charge in [0.15, 0.2) is 0 Å². The molecule has 124 valence electrons. The maximum Gasteiger partial charge on any atom is 1.00 e. The van der Waals surface area contributed by atoms with Crippen LogP contribution in [0.15, 0.2) is 42.3 Å². The summed E-state index contributed by atoms with van der Waals surface area (Å²) in [4.78, 5) is 1.92. The zero-order valence-electron chi connectivity index (χ0n) is 15.9. The van der Waals surface area contributed by atoms with Crippen molar-refractivity contribution in [3.05, 3.63) is 47.8 Å². The number of methoxy groups -OCH3 is 1. The summed E-state index contributed by atoms with van der Waals surface area (Å²) >= 11 is 0. The van der Waals surface area contributed by atoms with Crippen LogP contribution in [0.5, 0.6) is 5.75 Å². The molecule has 3 nitrogen and oxygen atoms in total. The molecule has 0 aliphatic carbocycles. The van der Waals surface area contributed by atoms with Crippen LogP contribution in [0.25, 0.3) is 16.3 Å². The van der Waals surface area contributed by atoms with Crippen LogP contribution in [0.1, 0.15) is 40.2 Å². The van der Waals surface area contributed by atoms with Crippen LogP contribution < -0.4 is 28.7 Å². The predicted molar refractivity (Wildman–Crippen MR) is 95.2 cm³/mol. The Morgan fingerprint density at radius 3 is 2.04 bits per heavy atom. The maximum absolute atomic E-state index is 12.8. The molecule has 0 amide bonds. The number of ether oxygens (including phenoxy) is 1. The maximum atomic E-state index is 12.8. The number of allylic oxidation sites excluding steroid dienone is 1. The van der Waals surface area contributed by atoms with Gasteiger partial charge in [-0.2, -0.15) is 0 Å². The smallest absolute Gasteiger partial charge is 0.860 e. The molecule has 0 aliphatic rings. The Bertz CT molecular complexity index is 715. The SMILES string of the molecule is COc1ccc2cc(/C(C)=C(\[O-])N(C(C)C)C(C)C)ccc2c1.[Li+]. The Balaban J connectivity index is 0.00000288. The summed E-state index contributed by atoms with van der Waals surface area (Å²) in [6, 6.07) is 12.5. The second-order valence-corrected chi connectivity index (χ2v) is 6.45. The molecular formula is C20H26LiNO2. The Kier molecular flexibility index (Phi) is 7.26. The molecular weight excluding hydrogens is 293 g/mol. The van der Waals surface area contributed by atoms with E-state index in [-0.39, 0.29) is 36.8 Å². The van der Waals surface area contributed by atoms with E-state index >= 15 is 0 Å². The molecule has 0 fully saturated rings. The van der Waals surface area contributed by atoms with E-state index < -0.39 is 0 Å². The molecule has 0 spiro atoms. The van der Waals surface area contributed by atoms with E-state index in [1.807, 2.05) is 42.2 Å². The minimum absolute atomic E-state index is 0. The monoisotopic (exact) mass is 319 g/mol. The van der Waals surface area contributed by atoms with Gasteiger partial charge in [0.25, 0.3) is 0 Å². The van der Waals surface area contributed by atoms with Crippen molar-refractivity contribution in [2.45, 2.75) is 46.7 Å². The molecule has 0 aromatic heterocycles. The molecule has 0 atom stereocenters. The first-order chi connectivity index (χ1) is 10.8. The molecule has 0 heterocycles. The predicted octanol–water partition coefficient (Wildman–Crippen LogP) is 1.02. The van der Waals surface area contributed by atoms with Gasteiger partial charge in [0.2, 0.25) is 0 Å². The summed E-state index contributed by atoms with van der Waals surface area (Å²) in [5.74, 6) is 0.940. The number of hydrogen-bond donors (Lipinski definition) is 0. The van der Waals surface area contributed by atoms with Crippen LogP contribution in [0, 0.1) is 0 Å². The quantitative estimate of drug-likeness (QED) is 0.610. The van der Waals surface area contributed by atoms with E-state index in [2.05, 4.69) is 33.8 Å². The molecule has 0 bridgehead atoms. The van der Waals surface area contributed by atoms with Crippen molar-refractivity contribution in [1.82, 2.24) is 4.90 Å². The molecule has 2 aromatic carbocycles. The van der Waals surface area contributed by atoms with Crippen LogP contribution in [0.4, 0.5) is 0 Å². The molecule has 24 heavy (non-hydrogen) atoms. The molecule has 0 N–H and O–H groups in total. The molecule has 0 saturated heterocycles. The van der Waals surface area contributed by atoms with E-state index in [9.17, 15) is 5.11 Å². The van der Waals surface area contributed by atoms with Crippen molar-refractivity contribution in [3.63, 3.8) is 0 Å². The number of nitrogens with zero attached hydrogens (tertiary/aromatic N) is 1. The topological polar surface area (TPSA) is 35.5 Å². The van der Waals surface area contributed by atoms with Crippen LogP contribution in [0.2, 0.25) is 0 Å². The van der Waals surface area contributed by atoms with Crippen LogP contribution in [0.3, 0.4) is 0 Å². The second kappa shape index (κ2) is 8.51. The van der Waals surface area contributed by atoms with E-state index in [1.165, 1.54) is 0 Å². The number of fused-ring (bicyclic) bond motifs is 1. The molecule has 0 saturated carbocycles. The normalized spacial score (nSPS) is 12.2. The molecule has 0 radical (unpaired) electrons. The van der Waals surface area contributed by atoms with Crippen molar-refractivity contribution in [2.24, 2.45) is 0 Å². The zero-order valence-corrected chi connectivity index (χ0v) is 15.9. The number of rotatable bonds is 5. The third-order valence-corrected chi connectivity index (χ3v) is 4.15. The van der Waals surface area contributed by atoms with Gasteiger partial charge in [-0.15, -0.1) is 0 Å². The van der Waals surface area contributed by atoms with Crippen LogP contribution in [-0.2, 0) is 0 Å². The van der Waals surface area contributed by atoms with E-state index in [0.29, 0.717) is 0 Å². The molecule has 0 unspecified atom stereocenters. The fourth-order valence-corrected chi connectivity index (χ4v) is 2.97. The minimum atomic E-state index is 0. The largest absolute Gasteiger partial charge is 1.00 e. The third-order valence-electron chi connectivity index (χ3n) is 4.15. The van der Waals surface area contributed by atoms with Crippen LogP contribution in [-0.4, -0.2) is 24.1 Å². The Morgan fingerprint density at radius 2 is 1.50 bits per heavy atom. The van der Waals surface area contributed by atoms with Gasteiger partial charge < -0.3 is 14.7 Å². The average molecular weight is 319 g/mol. The van der Waals surface area contributed by atoms with Crippen molar-refractivity contribution in [2.75, 3.05) is 7.11 Å². The number of benzene rings is 2. The molecule has 2 aromatic rings. The van der Waals surface area contributed by atoms with Gasteiger partial charge in [0.05, 0.1) is 7.11 Å². The van der Waals surface area contributed by atoms with Gasteiger partial charge in [0, 0.05) is 12.1 Å². The van der Waals surface area contributed by atoms with E-state index in [4.69, 9.17) is 4.74 Å². The first kappa shape index (κ1) is 20.5. The minimum Gasteiger partial charge on any atom is -0.860 e. The summed E-state index contributed by atoms with van der Waals surface area (Å²) < 4.78 is 5.26. The van der Waals surface area contributed by atoms with Gasteiger partial charge in [-0.3, -0.25) is 0 Å². The third kappa shape index (κ3) is 4.29. The molecule has 2 rings (SSSR count). The van der Waals surface area contributed by atoms with E-state index in [1.54, 1.807) is 7.11 Å². The Morgan fingerprint density at radius 1 is 0.958 bits per heavy atom. The Hall–Kier alpha value is -1.56.